The number of aromatic nitrogens is 1. The zero-order chi connectivity index (χ0) is 19.2. The monoisotopic (exact) mass is 360 g/mol. The van der Waals surface area contributed by atoms with E-state index in [1.165, 1.54) is 0 Å². The summed E-state index contributed by atoms with van der Waals surface area (Å²) in [6.45, 7) is 11.2. The molecule has 1 saturated heterocycles. The molecule has 1 aliphatic heterocycles. The summed E-state index contributed by atoms with van der Waals surface area (Å²) in [7, 11) is 0. The summed E-state index contributed by atoms with van der Waals surface area (Å²) in [6.07, 6.45) is 3.59. The van der Waals surface area contributed by atoms with Crippen molar-refractivity contribution in [3.05, 3.63) is 23.9 Å². The van der Waals surface area contributed by atoms with Gasteiger partial charge in [0.1, 0.15) is 5.82 Å². The van der Waals surface area contributed by atoms with Gasteiger partial charge in [-0.1, -0.05) is 6.07 Å². The Balaban J connectivity index is 2.17. The quantitative estimate of drug-likeness (QED) is 0.548. The summed E-state index contributed by atoms with van der Waals surface area (Å²) in [6, 6.07) is 3.97. The van der Waals surface area contributed by atoms with Crippen LogP contribution in [-0.4, -0.2) is 42.0 Å². The summed E-state index contributed by atoms with van der Waals surface area (Å²) in [5, 5.41) is 6.67. The van der Waals surface area contributed by atoms with Crippen molar-refractivity contribution in [3.63, 3.8) is 0 Å². The van der Waals surface area contributed by atoms with Gasteiger partial charge in [0.05, 0.1) is 12.5 Å². The largest absolute Gasteiger partial charge is 0.369 e. The maximum Gasteiger partial charge on any atom is 0.222 e. The lowest BCUT2D eigenvalue weighted by Crippen LogP contribution is -2.47. The standard InChI is InChI=1S/C19H32N6O/c1-5-21-18(24-19(2,3)4)23-12-14-8-6-10-22-17(14)25-11-7-9-15(13-25)16(20)26/h6,8,10,15H,5,7,9,11-13H2,1-4H3,(H2,20,26)(H2,21,23,24). The summed E-state index contributed by atoms with van der Waals surface area (Å²) >= 11 is 0. The third-order valence-electron chi connectivity index (χ3n) is 4.24. The minimum Gasteiger partial charge on any atom is -0.369 e. The Morgan fingerprint density at radius 3 is 2.88 bits per heavy atom. The topological polar surface area (TPSA) is 95.6 Å². The second kappa shape index (κ2) is 8.87. The summed E-state index contributed by atoms with van der Waals surface area (Å²) in [4.78, 5) is 23.0. The van der Waals surface area contributed by atoms with Gasteiger partial charge in [-0.25, -0.2) is 9.98 Å². The van der Waals surface area contributed by atoms with Gasteiger partial charge < -0.3 is 21.3 Å². The van der Waals surface area contributed by atoms with E-state index in [2.05, 4.69) is 41.3 Å². The molecular weight excluding hydrogens is 328 g/mol. The highest BCUT2D eigenvalue weighted by Crippen LogP contribution is 2.24. The predicted octanol–water partition coefficient (Wildman–Crippen LogP) is 1.64. The Bertz CT molecular complexity index is 637. The number of nitrogens with one attached hydrogen (secondary N) is 2. The number of amides is 1. The molecule has 7 heteroatoms. The van der Waals surface area contributed by atoms with Crippen LogP contribution in [0.2, 0.25) is 0 Å². The third kappa shape index (κ3) is 5.89. The van der Waals surface area contributed by atoms with E-state index < -0.39 is 0 Å². The number of primary amides is 1. The molecule has 1 amide bonds. The molecule has 2 rings (SSSR count). The Hall–Kier alpha value is -2.31. The zero-order valence-corrected chi connectivity index (χ0v) is 16.4. The Labute approximate surface area is 156 Å². The van der Waals surface area contributed by atoms with Crippen LogP contribution in [0, 0.1) is 5.92 Å². The molecule has 144 valence electrons. The number of hydrogen-bond acceptors (Lipinski definition) is 4. The second-order valence-electron chi connectivity index (χ2n) is 7.74. The molecule has 0 aromatic carbocycles. The van der Waals surface area contributed by atoms with E-state index >= 15 is 0 Å². The van der Waals surface area contributed by atoms with E-state index in [-0.39, 0.29) is 17.4 Å². The lowest BCUT2D eigenvalue weighted by molar-refractivity contribution is -0.122. The highest BCUT2D eigenvalue weighted by molar-refractivity contribution is 5.80. The highest BCUT2D eigenvalue weighted by atomic mass is 16.1. The Morgan fingerprint density at radius 1 is 1.46 bits per heavy atom. The second-order valence-corrected chi connectivity index (χ2v) is 7.74. The average molecular weight is 361 g/mol. The first-order valence-corrected chi connectivity index (χ1v) is 9.35. The van der Waals surface area contributed by atoms with Crippen LogP contribution in [-0.2, 0) is 11.3 Å². The van der Waals surface area contributed by atoms with Crippen LogP contribution >= 0.6 is 0 Å². The van der Waals surface area contributed by atoms with Gasteiger partial charge >= 0.3 is 0 Å². The van der Waals surface area contributed by atoms with Crippen molar-refractivity contribution in [2.24, 2.45) is 16.6 Å². The number of anilines is 1. The van der Waals surface area contributed by atoms with E-state index in [0.29, 0.717) is 13.1 Å². The van der Waals surface area contributed by atoms with Crippen molar-refractivity contribution < 1.29 is 4.79 Å². The van der Waals surface area contributed by atoms with Crippen molar-refractivity contribution in [2.75, 3.05) is 24.5 Å². The maximum absolute atomic E-state index is 11.6. The number of nitrogens with two attached hydrogens (primary N) is 1. The third-order valence-corrected chi connectivity index (χ3v) is 4.24. The van der Waals surface area contributed by atoms with Crippen LogP contribution in [0.15, 0.2) is 23.3 Å². The van der Waals surface area contributed by atoms with Crippen molar-refractivity contribution in [1.82, 2.24) is 15.6 Å². The van der Waals surface area contributed by atoms with E-state index in [1.54, 1.807) is 6.20 Å². The Morgan fingerprint density at radius 2 is 2.23 bits per heavy atom. The lowest BCUT2D eigenvalue weighted by Gasteiger charge is -2.33. The summed E-state index contributed by atoms with van der Waals surface area (Å²) in [5.41, 5.74) is 6.49. The van der Waals surface area contributed by atoms with E-state index in [0.717, 1.165) is 43.3 Å². The maximum atomic E-state index is 11.6. The first-order valence-electron chi connectivity index (χ1n) is 9.35. The number of hydrogen-bond donors (Lipinski definition) is 3. The van der Waals surface area contributed by atoms with Crippen LogP contribution in [0.1, 0.15) is 46.1 Å². The normalized spacial score (nSPS) is 18.5. The smallest absolute Gasteiger partial charge is 0.222 e. The predicted molar refractivity (Wildman–Crippen MR) is 106 cm³/mol. The number of carbonyl (C=O) groups excluding carboxylic acids is 1. The Kier molecular flexibility index (Phi) is 6.83. The molecule has 0 saturated carbocycles. The van der Waals surface area contributed by atoms with Crippen LogP contribution in [0.25, 0.3) is 0 Å². The summed E-state index contributed by atoms with van der Waals surface area (Å²) < 4.78 is 0. The molecule has 1 aliphatic rings. The van der Waals surface area contributed by atoms with Gasteiger partial charge in [0.2, 0.25) is 5.91 Å². The molecule has 26 heavy (non-hydrogen) atoms. The van der Waals surface area contributed by atoms with Gasteiger partial charge in [0.15, 0.2) is 5.96 Å². The minimum atomic E-state index is -0.228. The van der Waals surface area contributed by atoms with E-state index in [1.807, 2.05) is 19.1 Å². The molecule has 1 aromatic heterocycles. The molecule has 1 atom stereocenters. The molecule has 0 bridgehead atoms. The van der Waals surface area contributed by atoms with Crippen molar-refractivity contribution in [3.8, 4) is 0 Å². The number of carbonyl (C=O) groups is 1. The van der Waals surface area contributed by atoms with Crippen molar-refractivity contribution in [1.29, 1.82) is 0 Å². The van der Waals surface area contributed by atoms with E-state index in [9.17, 15) is 4.79 Å². The van der Waals surface area contributed by atoms with Crippen molar-refractivity contribution in [2.45, 2.75) is 52.6 Å². The molecule has 0 aliphatic carbocycles. The molecule has 4 N–H and O–H groups in total. The van der Waals surface area contributed by atoms with Gasteiger partial charge in [-0.3, -0.25) is 4.79 Å². The number of guanidine groups is 1. The minimum absolute atomic E-state index is 0.0691. The number of pyridine rings is 1. The zero-order valence-electron chi connectivity index (χ0n) is 16.4. The number of aliphatic imine (C=N–C) groups is 1. The SMILES string of the molecule is CCNC(=NCc1cccnc1N1CCCC(C(N)=O)C1)NC(C)(C)C. The molecule has 0 radical (unpaired) electrons. The fourth-order valence-corrected chi connectivity index (χ4v) is 3.07. The number of piperidine rings is 1. The first kappa shape index (κ1) is 20.0. The lowest BCUT2D eigenvalue weighted by atomic mass is 9.97. The van der Waals surface area contributed by atoms with Gasteiger partial charge in [-0.15, -0.1) is 0 Å². The van der Waals surface area contributed by atoms with Gasteiger partial charge in [0, 0.05) is 36.9 Å². The molecule has 7 nitrogen and oxygen atoms in total. The summed E-state index contributed by atoms with van der Waals surface area (Å²) in [5.74, 6) is 1.34. The molecule has 1 unspecified atom stereocenters. The fourth-order valence-electron chi connectivity index (χ4n) is 3.07. The van der Waals surface area contributed by atoms with Gasteiger partial charge in [-0.2, -0.15) is 0 Å². The fraction of sp³-hybridized carbons (Fsp3) is 0.632. The van der Waals surface area contributed by atoms with Crippen molar-refractivity contribution >= 4 is 17.7 Å². The van der Waals surface area contributed by atoms with Crippen LogP contribution in [0.3, 0.4) is 0 Å². The number of rotatable bonds is 5. The van der Waals surface area contributed by atoms with Gasteiger partial charge in [0.25, 0.3) is 0 Å². The molecule has 1 aromatic rings. The molecule has 1 fully saturated rings. The van der Waals surface area contributed by atoms with E-state index in [4.69, 9.17) is 10.7 Å². The van der Waals surface area contributed by atoms with Crippen LogP contribution in [0.5, 0.6) is 0 Å². The van der Waals surface area contributed by atoms with Crippen LogP contribution < -0.4 is 21.3 Å². The molecular formula is C19H32N6O. The average Bonchev–Trinajstić information content (AvgIpc) is 2.59. The van der Waals surface area contributed by atoms with Gasteiger partial charge in [-0.05, 0) is 46.6 Å². The molecule has 2 heterocycles. The molecule has 0 spiro atoms. The highest BCUT2D eigenvalue weighted by Gasteiger charge is 2.26. The van der Waals surface area contributed by atoms with Crippen LogP contribution in [0.4, 0.5) is 5.82 Å². The number of nitrogens with zero attached hydrogens (tertiary/aromatic N) is 3. The first-order chi connectivity index (χ1) is 12.3.